The van der Waals surface area contributed by atoms with Gasteiger partial charge in [0.2, 0.25) is 11.9 Å². The third kappa shape index (κ3) is 4.04. The van der Waals surface area contributed by atoms with Gasteiger partial charge in [0.05, 0.1) is 18.9 Å². The van der Waals surface area contributed by atoms with Crippen LogP contribution in [0.2, 0.25) is 5.02 Å². The van der Waals surface area contributed by atoms with Gasteiger partial charge < -0.3 is 15.0 Å². The number of nitrogens with one attached hydrogen (secondary N) is 1. The van der Waals surface area contributed by atoms with Crippen molar-refractivity contribution in [2.45, 2.75) is 19.3 Å². The summed E-state index contributed by atoms with van der Waals surface area (Å²) in [7, 11) is 0. The fourth-order valence-electron chi connectivity index (χ4n) is 3.46. The molecule has 1 aromatic heterocycles. The van der Waals surface area contributed by atoms with Crippen molar-refractivity contribution in [3.63, 3.8) is 0 Å². The number of carbonyl (C=O) groups is 1. The molecule has 0 bridgehead atoms. The second-order valence-corrected chi connectivity index (χ2v) is 7.23. The molecule has 1 atom stereocenters. The predicted molar refractivity (Wildman–Crippen MR) is 101 cm³/mol. The number of hydrogen-bond acceptors (Lipinski definition) is 5. The number of anilines is 2. The predicted octanol–water partition coefficient (Wildman–Crippen LogP) is 2.85. The highest BCUT2D eigenvalue weighted by Gasteiger charge is 2.27. The van der Waals surface area contributed by atoms with E-state index >= 15 is 0 Å². The highest BCUT2D eigenvalue weighted by Crippen LogP contribution is 2.27. The molecule has 0 unspecified atom stereocenters. The molecule has 1 saturated heterocycles. The Labute approximate surface area is 161 Å². The molecule has 1 aliphatic carbocycles. The van der Waals surface area contributed by atoms with Crippen LogP contribution in [0.3, 0.4) is 0 Å². The maximum Gasteiger partial charge on any atom is 0.227 e. The zero-order valence-corrected chi connectivity index (χ0v) is 15.5. The Bertz CT molecular complexity index is 858. The van der Waals surface area contributed by atoms with Crippen LogP contribution in [0, 0.1) is 11.7 Å². The van der Waals surface area contributed by atoms with Gasteiger partial charge in [0.1, 0.15) is 5.82 Å². The zero-order chi connectivity index (χ0) is 18.8. The lowest BCUT2D eigenvalue weighted by Gasteiger charge is -2.28. The molecule has 4 rings (SSSR count). The van der Waals surface area contributed by atoms with E-state index in [1.807, 2.05) is 6.20 Å². The molecule has 1 aliphatic heterocycles. The number of nitrogens with zero attached hydrogens (tertiary/aromatic N) is 3. The van der Waals surface area contributed by atoms with E-state index in [1.54, 1.807) is 6.07 Å². The van der Waals surface area contributed by atoms with Gasteiger partial charge in [0.15, 0.2) is 0 Å². The first-order valence-electron chi connectivity index (χ1n) is 9.03. The van der Waals surface area contributed by atoms with Gasteiger partial charge in [-0.15, -0.1) is 0 Å². The monoisotopic (exact) mass is 390 g/mol. The molecule has 1 N–H and O–H groups in total. The van der Waals surface area contributed by atoms with Crippen LogP contribution in [-0.4, -0.2) is 42.2 Å². The summed E-state index contributed by atoms with van der Waals surface area (Å²) in [6, 6.07) is 4.22. The minimum absolute atomic E-state index is 0.147. The number of aryl methyl sites for hydroxylation is 1. The molecule has 8 heteroatoms. The molecular formula is C19H20ClFN4O2. The van der Waals surface area contributed by atoms with Gasteiger partial charge in [-0.2, -0.15) is 0 Å². The number of hydrogen-bond donors (Lipinski definition) is 1. The smallest absolute Gasteiger partial charge is 0.227 e. The Hall–Kier alpha value is -2.25. The first-order chi connectivity index (χ1) is 13.1. The number of benzene rings is 1. The van der Waals surface area contributed by atoms with Crippen LogP contribution in [0.1, 0.15) is 17.7 Å². The summed E-state index contributed by atoms with van der Waals surface area (Å²) in [4.78, 5) is 23.8. The van der Waals surface area contributed by atoms with E-state index in [-0.39, 0.29) is 17.5 Å². The van der Waals surface area contributed by atoms with E-state index < -0.39 is 5.82 Å². The second kappa shape index (κ2) is 7.78. The van der Waals surface area contributed by atoms with Crippen molar-refractivity contribution in [1.29, 1.82) is 0 Å². The maximum absolute atomic E-state index is 13.9. The SMILES string of the molecule is O=C(Nc1ccc(Cl)cc1F)[C@H]1CCc2nc(N3CCOCC3)ncc2C1. The first-order valence-corrected chi connectivity index (χ1v) is 9.41. The summed E-state index contributed by atoms with van der Waals surface area (Å²) < 4.78 is 19.3. The van der Waals surface area contributed by atoms with Gasteiger partial charge >= 0.3 is 0 Å². The Kier molecular flexibility index (Phi) is 5.22. The van der Waals surface area contributed by atoms with Crippen molar-refractivity contribution >= 4 is 29.1 Å². The van der Waals surface area contributed by atoms with Crippen LogP contribution in [0.25, 0.3) is 0 Å². The first kappa shape index (κ1) is 18.1. The van der Waals surface area contributed by atoms with Gasteiger partial charge in [0.25, 0.3) is 0 Å². The van der Waals surface area contributed by atoms with Crippen LogP contribution in [-0.2, 0) is 22.4 Å². The Morgan fingerprint density at radius 1 is 1.33 bits per heavy atom. The molecular weight excluding hydrogens is 371 g/mol. The molecule has 2 heterocycles. The number of aromatic nitrogens is 2. The van der Waals surface area contributed by atoms with E-state index in [0.717, 1.165) is 30.3 Å². The molecule has 6 nitrogen and oxygen atoms in total. The summed E-state index contributed by atoms with van der Waals surface area (Å²) in [5.74, 6) is -0.238. The largest absolute Gasteiger partial charge is 0.378 e. The zero-order valence-electron chi connectivity index (χ0n) is 14.8. The van der Waals surface area contributed by atoms with Crippen LogP contribution in [0.15, 0.2) is 24.4 Å². The van der Waals surface area contributed by atoms with Gasteiger partial charge in [-0.3, -0.25) is 4.79 Å². The average molecular weight is 391 g/mol. The molecule has 0 saturated carbocycles. The van der Waals surface area contributed by atoms with Crippen LogP contribution >= 0.6 is 11.6 Å². The topological polar surface area (TPSA) is 67.4 Å². The lowest BCUT2D eigenvalue weighted by Crippen LogP contribution is -2.38. The van der Waals surface area contributed by atoms with Crippen molar-refractivity contribution in [1.82, 2.24) is 9.97 Å². The minimum Gasteiger partial charge on any atom is -0.378 e. The molecule has 2 aliphatic rings. The molecule has 0 radical (unpaired) electrons. The number of fused-ring (bicyclic) bond motifs is 1. The summed E-state index contributed by atoms with van der Waals surface area (Å²) in [5.41, 5.74) is 2.12. The Morgan fingerprint density at radius 2 is 2.15 bits per heavy atom. The van der Waals surface area contributed by atoms with E-state index in [4.69, 9.17) is 21.3 Å². The molecule has 1 amide bonds. The maximum atomic E-state index is 13.9. The lowest BCUT2D eigenvalue weighted by molar-refractivity contribution is -0.120. The van der Waals surface area contributed by atoms with Gasteiger partial charge in [-0.05, 0) is 43.0 Å². The number of amides is 1. The number of halogens is 2. The molecule has 0 spiro atoms. The summed E-state index contributed by atoms with van der Waals surface area (Å²) in [5, 5.41) is 2.96. The minimum atomic E-state index is -0.537. The molecule has 1 fully saturated rings. The number of ether oxygens (including phenoxy) is 1. The van der Waals surface area contributed by atoms with Crippen LogP contribution < -0.4 is 10.2 Å². The standard InChI is InChI=1S/C19H20ClFN4O2/c20-14-2-4-17(15(21)10-14)23-18(26)12-1-3-16-13(9-12)11-22-19(24-16)25-5-7-27-8-6-25/h2,4,10-12H,1,3,5-9H2,(H,23,26)/t12-/m0/s1. The molecule has 1 aromatic carbocycles. The Balaban J connectivity index is 1.44. The van der Waals surface area contributed by atoms with Gasteiger partial charge in [-0.25, -0.2) is 14.4 Å². The van der Waals surface area contributed by atoms with E-state index in [1.165, 1.54) is 12.1 Å². The van der Waals surface area contributed by atoms with Crippen molar-refractivity contribution < 1.29 is 13.9 Å². The van der Waals surface area contributed by atoms with Crippen molar-refractivity contribution in [3.8, 4) is 0 Å². The fourth-order valence-corrected chi connectivity index (χ4v) is 3.62. The number of morpholine rings is 1. The quantitative estimate of drug-likeness (QED) is 0.872. The molecule has 27 heavy (non-hydrogen) atoms. The van der Waals surface area contributed by atoms with Crippen molar-refractivity contribution in [3.05, 3.63) is 46.5 Å². The van der Waals surface area contributed by atoms with Crippen molar-refractivity contribution in [2.75, 3.05) is 36.5 Å². The van der Waals surface area contributed by atoms with Gasteiger partial charge in [0, 0.05) is 35.9 Å². The highest BCUT2D eigenvalue weighted by molar-refractivity contribution is 6.30. The van der Waals surface area contributed by atoms with E-state index in [0.29, 0.717) is 37.5 Å². The van der Waals surface area contributed by atoms with Crippen LogP contribution in [0.4, 0.5) is 16.0 Å². The van der Waals surface area contributed by atoms with E-state index in [2.05, 4.69) is 15.2 Å². The van der Waals surface area contributed by atoms with Crippen LogP contribution in [0.5, 0.6) is 0 Å². The Morgan fingerprint density at radius 3 is 2.93 bits per heavy atom. The third-order valence-corrected chi connectivity index (χ3v) is 5.23. The third-order valence-electron chi connectivity index (χ3n) is 4.99. The summed E-state index contributed by atoms with van der Waals surface area (Å²) in [6.07, 6.45) is 3.75. The highest BCUT2D eigenvalue weighted by atomic mass is 35.5. The van der Waals surface area contributed by atoms with Crippen molar-refractivity contribution in [2.24, 2.45) is 5.92 Å². The summed E-state index contributed by atoms with van der Waals surface area (Å²) >= 11 is 5.75. The van der Waals surface area contributed by atoms with Gasteiger partial charge in [-0.1, -0.05) is 11.6 Å². The molecule has 142 valence electrons. The second-order valence-electron chi connectivity index (χ2n) is 6.79. The number of rotatable bonds is 3. The number of carbonyl (C=O) groups excluding carboxylic acids is 1. The lowest BCUT2D eigenvalue weighted by atomic mass is 9.86. The fraction of sp³-hybridized carbons (Fsp3) is 0.421. The average Bonchev–Trinajstić information content (AvgIpc) is 2.70. The molecule has 2 aromatic rings. The normalized spacial score (nSPS) is 19.5. The summed E-state index contributed by atoms with van der Waals surface area (Å²) in [6.45, 7) is 2.95. The van der Waals surface area contributed by atoms with E-state index in [9.17, 15) is 9.18 Å².